The molecule has 1 saturated heterocycles. The van der Waals surface area contributed by atoms with E-state index in [0.717, 1.165) is 0 Å². The van der Waals surface area contributed by atoms with E-state index in [2.05, 4.69) is 10.5 Å². The number of carbonyl (C=O) groups excluding carboxylic acids is 1. The molecule has 0 unspecified atom stereocenters. The maximum Gasteiger partial charge on any atom is 0.286 e. The summed E-state index contributed by atoms with van der Waals surface area (Å²) in [5.41, 5.74) is 2.66. The van der Waals surface area contributed by atoms with Crippen molar-refractivity contribution in [2.75, 3.05) is 13.1 Å². The van der Waals surface area contributed by atoms with Gasteiger partial charge in [-0.3, -0.25) is 10.2 Å². The van der Waals surface area contributed by atoms with Gasteiger partial charge in [0.1, 0.15) is 0 Å². The first-order valence-corrected chi connectivity index (χ1v) is 10.8. The summed E-state index contributed by atoms with van der Waals surface area (Å²) < 4.78 is 52.9. The highest BCUT2D eigenvalue weighted by atomic mass is 35.5. The van der Waals surface area contributed by atoms with Gasteiger partial charge < -0.3 is 0 Å². The molecule has 1 aromatic heterocycles. The fraction of sp³-hybridized carbons (Fsp3) is 0.273. The van der Waals surface area contributed by atoms with Crippen molar-refractivity contribution in [1.82, 2.24) is 20.2 Å². The van der Waals surface area contributed by atoms with Crippen molar-refractivity contribution in [2.24, 2.45) is 0 Å². The van der Waals surface area contributed by atoms with Crippen LogP contribution >= 0.6 is 47.2 Å². The minimum absolute atomic E-state index is 0. The van der Waals surface area contributed by atoms with Crippen molar-refractivity contribution >= 4 is 53.1 Å². The molecular formula is C22H20Cl4F2N4O. The zero-order valence-electron chi connectivity index (χ0n) is 19.9. The van der Waals surface area contributed by atoms with Gasteiger partial charge in [-0.2, -0.15) is 5.10 Å². The van der Waals surface area contributed by atoms with E-state index in [1.807, 2.05) is 0 Å². The van der Waals surface area contributed by atoms with Crippen LogP contribution < -0.4 is 5.43 Å². The van der Waals surface area contributed by atoms with Gasteiger partial charge >= 0.3 is 0 Å². The Bertz CT molecular complexity index is 1260. The second-order valence-electron chi connectivity index (χ2n) is 7.37. The van der Waals surface area contributed by atoms with Gasteiger partial charge in [-0.1, -0.05) is 46.9 Å². The highest BCUT2D eigenvalue weighted by Crippen LogP contribution is 2.33. The summed E-state index contributed by atoms with van der Waals surface area (Å²) in [5, 5.41) is 6.64. The van der Waals surface area contributed by atoms with Crippen LogP contribution in [0.3, 0.4) is 0 Å². The Labute approximate surface area is 215 Å². The molecule has 3 aromatic rings. The van der Waals surface area contributed by atoms with Crippen LogP contribution in [0.4, 0.5) is 8.78 Å². The Hall–Kier alpha value is -1.90. The van der Waals surface area contributed by atoms with Crippen molar-refractivity contribution in [3.63, 3.8) is 0 Å². The molecule has 1 amide bonds. The van der Waals surface area contributed by atoms with E-state index in [1.54, 1.807) is 36.4 Å². The molecule has 11 heteroatoms. The quantitative estimate of drug-likeness (QED) is 0.407. The van der Waals surface area contributed by atoms with Crippen LogP contribution in [-0.2, 0) is 0 Å². The van der Waals surface area contributed by atoms with E-state index >= 15 is 0 Å². The molecule has 1 aliphatic rings. The van der Waals surface area contributed by atoms with Crippen LogP contribution in [0, 0.1) is 6.85 Å². The first kappa shape index (κ1) is 21.6. The number of amides is 1. The largest absolute Gasteiger partial charge is 0.286 e. The second kappa shape index (κ2) is 10.2. The summed E-state index contributed by atoms with van der Waals surface area (Å²) in [6, 6.07) is 10.9. The number of nitrogens with zero attached hydrogens (tertiary/aromatic N) is 3. The molecule has 0 atom stereocenters. The summed E-state index contributed by atoms with van der Waals surface area (Å²) >= 11 is 18.4. The zero-order valence-corrected chi connectivity index (χ0v) is 20.0. The zero-order chi connectivity index (χ0) is 25.5. The topological polar surface area (TPSA) is 50.2 Å². The van der Waals surface area contributed by atoms with Crippen molar-refractivity contribution in [1.29, 1.82) is 0 Å². The number of hydrogen-bond acceptors (Lipinski definition) is 3. The minimum Gasteiger partial charge on any atom is -0.283 e. The predicted octanol–water partition coefficient (Wildman–Crippen LogP) is 6.61. The standard InChI is InChI=1S/C22H19Cl3F2N4O.ClH/c1-13-19(21(32)29-30-10-8-22(26,27)9-11-30)28-31(18-7-6-16(24)12-17(18)25)20(13)14-2-4-15(23)5-3-14;/h2-7,12H,8-11H2,1H3,(H,29,32);1H/i1D3;. The molecule has 1 fully saturated rings. The predicted molar refractivity (Wildman–Crippen MR) is 129 cm³/mol. The van der Waals surface area contributed by atoms with E-state index in [4.69, 9.17) is 38.9 Å². The van der Waals surface area contributed by atoms with Crippen LogP contribution in [0.5, 0.6) is 0 Å². The van der Waals surface area contributed by atoms with Crippen LogP contribution in [0.2, 0.25) is 15.1 Å². The lowest BCUT2D eigenvalue weighted by atomic mass is 10.1. The number of carbonyl (C=O) groups is 1. The highest BCUT2D eigenvalue weighted by Gasteiger charge is 2.35. The molecule has 2 aromatic carbocycles. The summed E-state index contributed by atoms with van der Waals surface area (Å²) in [5.74, 6) is -3.64. The van der Waals surface area contributed by atoms with Gasteiger partial charge in [-0.05, 0) is 37.2 Å². The van der Waals surface area contributed by atoms with Gasteiger partial charge in [0.2, 0.25) is 0 Å². The molecule has 1 aliphatic heterocycles. The SMILES string of the molecule is Cl.[2H]C([2H])([2H])c1c(C(=O)NN2CCC(F)(F)CC2)nn(-c2ccc(Cl)cc2Cl)c1-c1ccc(Cl)cc1. The second-order valence-corrected chi connectivity index (χ2v) is 8.65. The van der Waals surface area contributed by atoms with Crippen molar-refractivity contribution in [2.45, 2.75) is 25.6 Å². The normalized spacial score (nSPS) is 17.4. The van der Waals surface area contributed by atoms with Gasteiger partial charge in [-0.15, -0.1) is 12.4 Å². The van der Waals surface area contributed by atoms with Gasteiger partial charge in [-0.25, -0.2) is 18.5 Å². The number of aromatic nitrogens is 2. The Morgan fingerprint density at radius 1 is 1.09 bits per heavy atom. The third-order valence-electron chi connectivity index (χ3n) is 5.11. The van der Waals surface area contributed by atoms with Gasteiger partial charge in [0.25, 0.3) is 11.8 Å². The molecule has 0 aliphatic carbocycles. The molecule has 0 saturated carbocycles. The van der Waals surface area contributed by atoms with E-state index in [-0.39, 0.29) is 47.5 Å². The first-order chi connectivity index (χ1) is 16.4. The molecular weight excluding hydrogens is 516 g/mol. The molecule has 0 bridgehead atoms. The molecule has 33 heavy (non-hydrogen) atoms. The fourth-order valence-corrected chi connectivity index (χ4v) is 4.04. The van der Waals surface area contributed by atoms with Crippen molar-refractivity contribution in [3.05, 3.63) is 68.8 Å². The summed E-state index contributed by atoms with van der Waals surface area (Å²) in [6.45, 7) is -2.93. The molecule has 4 rings (SSSR count). The third-order valence-corrected chi connectivity index (χ3v) is 5.90. The van der Waals surface area contributed by atoms with E-state index in [1.165, 1.54) is 15.8 Å². The van der Waals surface area contributed by atoms with E-state index < -0.39 is 31.5 Å². The third kappa shape index (κ3) is 5.61. The number of hydrogen-bond donors (Lipinski definition) is 1. The molecule has 2 heterocycles. The Morgan fingerprint density at radius 2 is 1.73 bits per heavy atom. The smallest absolute Gasteiger partial charge is 0.283 e. The molecule has 0 radical (unpaired) electrons. The van der Waals surface area contributed by atoms with Crippen LogP contribution in [-0.4, -0.2) is 39.7 Å². The highest BCUT2D eigenvalue weighted by molar-refractivity contribution is 6.35. The maximum absolute atomic E-state index is 13.5. The number of halogens is 6. The Morgan fingerprint density at radius 3 is 2.33 bits per heavy atom. The van der Waals surface area contributed by atoms with Gasteiger partial charge in [0, 0.05) is 51.2 Å². The van der Waals surface area contributed by atoms with Crippen molar-refractivity contribution in [3.8, 4) is 16.9 Å². The van der Waals surface area contributed by atoms with E-state index in [0.29, 0.717) is 21.3 Å². The molecule has 0 spiro atoms. The number of rotatable bonds is 4. The first-order valence-electron chi connectivity index (χ1n) is 11.1. The molecule has 1 N–H and O–H groups in total. The fourth-order valence-electron chi connectivity index (χ4n) is 3.42. The maximum atomic E-state index is 13.5. The number of hydrazine groups is 1. The lowest BCUT2D eigenvalue weighted by Crippen LogP contribution is -2.49. The number of alkyl halides is 2. The average Bonchev–Trinajstić information content (AvgIpc) is 3.17. The summed E-state index contributed by atoms with van der Waals surface area (Å²) in [7, 11) is 0. The number of nitrogens with one attached hydrogen (secondary N) is 1. The summed E-state index contributed by atoms with van der Waals surface area (Å²) in [4.78, 5) is 13.2. The lowest BCUT2D eigenvalue weighted by Gasteiger charge is -2.31. The number of piperidine rings is 1. The van der Waals surface area contributed by atoms with Gasteiger partial charge in [0.15, 0.2) is 5.69 Å². The van der Waals surface area contributed by atoms with Crippen LogP contribution in [0.25, 0.3) is 16.9 Å². The Kier molecular flexibility index (Phi) is 6.65. The lowest BCUT2D eigenvalue weighted by molar-refractivity contribution is -0.0631. The average molecular weight is 539 g/mol. The van der Waals surface area contributed by atoms with Crippen LogP contribution in [0.15, 0.2) is 42.5 Å². The molecule has 5 nitrogen and oxygen atoms in total. The van der Waals surface area contributed by atoms with Crippen molar-refractivity contribution < 1.29 is 17.7 Å². The minimum atomic E-state index is -2.81. The van der Waals surface area contributed by atoms with Crippen LogP contribution in [0.1, 0.15) is 33.0 Å². The summed E-state index contributed by atoms with van der Waals surface area (Å²) in [6.07, 6.45) is -0.853. The van der Waals surface area contributed by atoms with Gasteiger partial charge in [0.05, 0.1) is 16.4 Å². The Balaban J connectivity index is 0.00000361. The van der Waals surface area contributed by atoms with E-state index in [9.17, 15) is 13.6 Å². The monoisotopic (exact) mass is 537 g/mol. The molecule has 176 valence electrons. The number of benzene rings is 2.